The molecule has 84 valence electrons. The van der Waals surface area contributed by atoms with Crippen molar-refractivity contribution in [2.24, 2.45) is 5.41 Å². The molecule has 2 heteroatoms. The summed E-state index contributed by atoms with van der Waals surface area (Å²) in [5, 5.41) is 0. The maximum absolute atomic E-state index is 13.2. The zero-order chi connectivity index (χ0) is 11.8. The predicted octanol–water partition coefficient (Wildman–Crippen LogP) is 4.92. The average Bonchev–Trinajstić information content (AvgIpc) is 1.99. The molecule has 0 saturated heterocycles. The lowest BCUT2D eigenvalue weighted by Gasteiger charge is -2.28. The summed E-state index contributed by atoms with van der Waals surface area (Å²) in [6.07, 6.45) is 0. The molecule has 0 aromatic heterocycles. The number of halogens is 2. The predicted molar refractivity (Wildman–Crippen MR) is 67.0 cm³/mol. The van der Waals surface area contributed by atoms with E-state index in [1.165, 1.54) is 5.56 Å². The van der Waals surface area contributed by atoms with Gasteiger partial charge in [0.2, 0.25) is 0 Å². The lowest BCUT2D eigenvalue weighted by atomic mass is 9.84. The van der Waals surface area contributed by atoms with Crippen LogP contribution >= 0.6 is 15.9 Å². The molecular weight excluding hydrogens is 255 g/mol. The van der Waals surface area contributed by atoms with Crippen LogP contribution in [0.5, 0.6) is 0 Å². The second-order valence-corrected chi connectivity index (χ2v) is 6.10. The molecule has 1 aromatic rings. The van der Waals surface area contributed by atoms with Crippen LogP contribution in [0.15, 0.2) is 12.1 Å². The van der Waals surface area contributed by atoms with E-state index in [0.717, 1.165) is 11.1 Å². The first kappa shape index (κ1) is 12.7. The molecule has 0 radical (unpaired) electrons. The Bertz CT molecular complexity index is 340. The molecule has 0 aliphatic heterocycles. The summed E-state index contributed by atoms with van der Waals surface area (Å²) in [5.41, 5.74) is 3.38. The maximum Gasteiger partial charge on any atom is 0.123 e. The Morgan fingerprint density at radius 3 is 1.87 bits per heavy atom. The molecule has 0 heterocycles. The molecule has 1 atom stereocenters. The zero-order valence-corrected chi connectivity index (χ0v) is 11.6. The SMILES string of the molecule is Cc1cc(F)cc(C)c1C(Br)C(C)(C)C. The van der Waals surface area contributed by atoms with Gasteiger partial charge in [-0.3, -0.25) is 0 Å². The molecule has 0 amide bonds. The molecular formula is C13H18BrF. The van der Waals surface area contributed by atoms with E-state index in [0.29, 0.717) is 0 Å². The van der Waals surface area contributed by atoms with Gasteiger partial charge < -0.3 is 0 Å². The summed E-state index contributed by atoms with van der Waals surface area (Å²) >= 11 is 3.71. The van der Waals surface area contributed by atoms with Gasteiger partial charge in [0, 0.05) is 4.83 Å². The summed E-state index contributed by atoms with van der Waals surface area (Å²) in [6.45, 7) is 10.5. The fourth-order valence-electron chi connectivity index (χ4n) is 1.75. The van der Waals surface area contributed by atoms with E-state index in [9.17, 15) is 4.39 Å². The summed E-state index contributed by atoms with van der Waals surface area (Å²) in [4.78, 5) is 0.255. The second-order valence-electron chi connectivity index (χ2n) is 5.18. The van der Waals surface area contributed by atoms with Gasteiger partial charge >= 0.3 is 0 Å². The van der Waals surface area contributed by atoms with Crippen LogP contribution in [0.4, 0.5) is 4.39 Å². The molecule has 1 unspecified atom stereocenters. The van der Waals surface area contributed by atoms with E-state index in [2.05, 4.69) is 36.7 Å². The molecule has 0 aliphatic rings. The van der Waals surface area contributed by atoms with Gasteiger partial charge in [0.25, 0.3) is 0 Å². The Kier molecular flexibility index (Phi) is 3.59. The van der Waals surface area contributed by atoms with Crippen molar-refractivity contribution in [3.05, 3.63) is 34.6 Å². The standard InChI is InChI=1S/C13H18BrF/c1-8-6-10(15)7-9(2)11(8)12(14)13(3,4)5/h6-7,12H,1-5H3. The van der Waals surface area contributed by atoms with E-state index in [1.54, 1.807) is 12.1 Å². The van der Waals surface area contributed by atoms with Crippen molar-refractivity contribution in [2.75, 3.05) is 0 Å². The molecule has 15 heavy (non-hydrogen) atoms. The van der Waals surface area contributed by atoms with Crippen LogP contribution in [0.25, 0.3) is 0 Å². The third kappa shape index (κ3) is 2.81. The first-order valence-electron chi connectivity index (χ1n) is 5.14. The molecule has 0 aliphatic carbocycles. The first-order valence-corrected chi connectivity index (χ1v) is 6.05. The average molecular weight is 273 g/mol. The van der Waals surface area contributed by atoms with Gasteiger partial charge in [-0.25, -0.2) is 4.39 Å². The fraction of sp³-hybridized carbons (Fsp3) is 0.538. The van der Waals surface area contributed by atoms with Crippen molar-refractivity contribution in [3.63, 3.8) is 0 Å². The molecule has 0 nitrogen and oxygen atoms in total. The smallest absolute Gasteiger partial charge is 0.123 e. The zero-order valence-electron chi connectivity index (χ0n) is 9.99. The van der Waals surface area contributed by atoms with Crippen LogP contribution in [-0.4, -0.2) is 0 Å². The monoisotopic (exact) mass is 272 g/mol. The van der Waals surface area contributed by atoms with E-state index in [4.69, 9.17) is 0 Å². The van der Waals surface area contributed by atoms with Crippen LogP contribution in [0, 0.1) is 25.1 Å². The van der Waals surface area contributed by atoms with Gasteiger partial charge in [-0.15, -0.1) is 0 Å². The fourth-order valence-corrected chi connectivity index (χ4v) is 2.48. The molecule has 0 saturated carbocycles. The van der Waals surface area contributed by atoms with E-state index in [-0.39, 0.29) is 16.1 Å². The Balaban J connectivity index is 3.26. The maximum atomic E-state index is 13.2. The topological polar surface area (TPSA) is 0 Å². The van der Waals surface area contributed by atoms with Crippen LogP contribution < -0.4 is 0 Å². The third-order valence-electron chi connectivity index (χ3n) is 2.57. The van der Waals surface area contributed by atoms with Gasteiger partial charge in [0.05, 0.1) is 0 Å². The van der Waals surface area contributed by atoms with Crippen molar-refractivity contribution in [1.29, 1.82) is 0 Å². The molecule has 0 N–H and O–H groups in total. The highest BCUT2D eigenvalue weighted by molar-refractivity contribution is 9.09. The third-order valence-corrected chi connectivity index (χ3v) is 4.40. The minimum Gasteiger partial charge on any atom is -0.207 e. The number of alkyl halides is 1. The van der Waals surface area contributed by atoms with Crippen molar-refractivity contribution in [2.45, 2.75) is 39.4 Å². The van der Waals surface area contributed by atoms with E-state index < -0.39 is 0 Å². The normalized spacial score (nSPS) is 14.1. The lowest BCUT2D eigenvalue weighted by Crippen LogP contribution is -2.15. The quantitative estimate of drug-likeness (QED) is 0.637. The Labute approximate surface area is 100 Å². The van der Waals surface area contributed by atoms with Crippen LogP contribution in [0.1, 0.15) is 42.3 Å². The van der Waals surface area contributed by atoms with E-state index >= 15 is 0 Å². The Hall–Kier alpha value is -0.370. The number of rotatable bonds is 1. The highest BCUT2D eigenvalue weighted by Gasteiger charge is 2.26. The second kappa shape index (κ2) is 4.25. The number of hydrogen-bond acceptors (Lipinski definition) is 0. The first-order chi connectivity index (χ1) is 6.73. The summed E-state index contributed by atoms with van der Waals surface area (Å²) in [5.74, 6) is -0.151. The van der Waals surface area contributed by atoms with Crippen molar-refractivity contribution in [1.82, 2.24) is 0 Å². The minimum absolute atomic E-state index is 0.132. The molecule has 1 aromatic carbocycles. The van der Waals surface area contributed by atoms with Gasteiger partial charge in [-0.1, -0.05) is 36.7 Å². The summed E-state index contributed by atoms with van der Waals surface area (Å²) < 4.78 is 13.2. The largest absolute Gasteiger partial charge is 0.207 e. The number of aryl methyl sites for hydroxylation is 2. The highest BCUT2D eigenvalue weighted by Crippen LogP contribution is 2.42. The van der Waals surface area contributed by atoms with Crippen molar-refractivity contribution in [3.8, 4) is 0 Å². The Morgan fingerprint density at radius 2 is 1.53 bits per heavy atom. The summed E-state index contributed by atoms with van der Waals surface area (Å²) in [6, 6.07) is 3.20. The minimum atomic E-state index is -0.151. The van der Waals surface area contributed by atoms with Crippen LogP contribution in [-0.2, 0) is 0 Å². The Morgan fingerprint density at radius 1 is 1.13 bits per heavy atom. The molecule has 1 rings (SSSR count). The van der Waals surface area contributed by atoms with Gasteiger partial charge in [0.1, 0.15) is 5.82 Å². The van der Waals surface area contributed by atoms with Gasteiger partial charge in [-0.05, 0) is 48.1 Å². The molecule has 0 fully saturated rings. The number of hydrogen-bond donors (Lipinski definition) is 0. The van der Waals surface area contributed by atoms with Crippen molar-refractivity contribution >= 4 is 15.9 Å². The number of benzene rings is 1. The highest BCUT2D eigenvalue weighted by atomic mass is 79.9. The summed E-state index contributed by atoms with van der Waals surface area (Å²) in [7, 11) is 0. The van der Waals surface area contributed by atoms with Gasteiger partial charge in [0.15, 0.2) is 0 Å². The van der Waals surface area contributed by atoms with Gasteiger partial charge in [-0.2, -0.15) is 0 Å². The van der Waals surface area contributed by atoms with Crippen LogP contribution in [0.2, 0.25) is 0 Å². The van der Waals surface area contributed by atoms with Crippen LogP contribution in [0.3, 0.4) is 0 Å². The van der Waals surface area contributed by atoms with Crippen molar-refractivity contribution < 1.29 is 4.39 Å². The lowest BCUT2D eigenvalue weighted by molar-refractivity contribution is 0.405. The van der Waals surface area contributed by atoms with E-state index in [1.807, 2.05) is 13.8 Å². The molecule has 0 bridgehead atoms. The molecule has 0 spiro atoms.